The van der Waals surface area contributed by atoms with Crippen LogP contribution in [-0.2, 0) is 0 Å². The van der Waals surface area contributed by atoms with E-state index >= 15 is 0 Å². The Kier molecular flexibility index (Phi) is 2.72. The SMILES string of the molecule is Cc1cc(F)ccc1-c1ccnc(C=O)n1. The summed E-state index contributed by atoms with van der Waals surface area (Å²) < 4.78 is 12.9. The molecule has 80 valence electrons. The van der Waals surface area contributed by atoms with Gasteiger partial charge in [-0.1, -0.05) is 0 Å². The van der Waals surface area contributed by atoms with E-state index in [0.717, 1.165) is 11.1 Å². The number of aromatic nitrogens is 2. The van der Waals surface area contributed by atoms with E-state index < -0.39 is 0 Å². The van der Waals surface area contributed by atoms with Crippen LogP contribution in [0.5, 0.6) is 0 Å². The first-order chi connectivity index (χ1) is 7.70. The molecule has 1 aromatic heterocycles. The predicted molar refractivity (Wildman–Crippen MR) is 57.6 cm³/mol. The summed E-state index contributed by atoms with van der Waals surface area (Å²) in [5, 5.41) is 0. The maximum atomic E-state index is 12.9. The molecule has 0 amide bonds. The second-order valence-corrected chi connectivity index (χ2v) is 3.38. The molecular weight excluding hydrogens is 207 g/mol. The summed E-state index contributed by atoms with van der Waals surface area (Å²) in [6.45, 7) is 1.79. The Morgan fingerprint density at radius 2 is 2.12 bits per heavy atom. The number of carbonyl (C=O) groups is 1. The smallest absolute Gasteiger partial charge is 0.193 e. The van der Waals surface area contributed by atoms with Crippen molar-refractivity contribution in [1.82, 2.24) is 9.97 Å². The van der Waals surface area contributed by atoms with Crippen molar-refractivity contribution in [3.63, 3.8) is 0 Å². The van der Waals surface area contributed by atoms with Crippen LogP contribution in [0.3, 0.4) is 0 Å². The molecule has 4 heteroatoms. The van der Waals surface area contributed by atoms with E-state index in [2.05, 4.69) is 9.97 Å². The third-order valence-electron chi connectivity index (χ3n) is 2.24. The Morgan fingerprint density at radius 1 is 1.31 bits per heavy atom. The van der Waals surface area contributed by atoms with Crippen LogP contribution >= 0.6 is 0 Å². The predicted octanol–water partition coefficient (Wildman–Crippen LogP) is 2.40. The molecule has 0 saturated heterocycles. The number of rotatable bonds is 2. The zero-order valence-corrected chi connectivity index (χ0v) is 8.64. The van der Waals surface area contributed by atoms with E-state index in [0.29, 0.717) is 12.0 Å². The minimum atomic E-state index is -0.286. The van der Waals surface area contributed by atoms with Crippen molar-refractivity contribution in [3.05, 3.63) is 47.7 Å². The third-order valence-corrected chi connectivity index (χ3v) is 2.24. The van der Waals surface area contributed by atoms with Gasteiger partial charge in [-0.2, -0.15) is 0 Å². The number of carbonyl (C=O) groups excluding carboxylic acids is 1. The van der Waals surface area contributed by atoms with Crippen molar-refractivity contribution < 1.29 is 9.18 Å². The molecule has 16 heavy (non-hydrogen) atoms. The van der Waals surface area contributed by atoms with Gasteiger partial charge in [-0.25, -0.2) is 14.4 Å². The second kappa shape index (κ2) is 4.18. The molecule has 0 saturated carbocycles. The first-order valence-corrected chi connectivity index (χ1v) is 4.75. The van der Waals surface area contributed by atoms with Crippen molar-refractivity contribution in [2.45, 2.75) is 6.92 Å². The molecule has 2 aromatic rings. The van der Waals surface area contributed by atoms with Crippen molar-refractivity contribution in [2.75, 3.05) is 0 Å². The number of aryl methyl sites for hydroxylation is 1. The van der Waals surface area contributed by atoms with E-state index in [9.17, 15) is 9.18 Å². The summed E-state index contributed by atoms with van der Waals surface area (Å²) in [5.41, 5.74) is 2.19. The summed E-state index contributed by atoms with van der Waals surface area (Å²) in [5.74, 6) is -0.160. The highest BCUT2D eigenvalue weighted by molar-refractivity contribution is 5.71. The number of nitrogens with zero attached hydrogens (tertiary/aromatic N) is 2. The quantitative estimate of drug-likeness (QED) is 0.724. The van der Waals surface area contributed by atoms with Gasteiger partial charge in [0.25, 0.3) is 0 Å². The molecular formula is C12H9FN2O. The van der Waals surface area contributed by atoms with Gasteiger partial charge in [0.2, 0.25) is 0 Å². The number of benzene rings is 1. The lowest BCUT2D eigenvalue weighted by atomic mass is 10.1. The zero-order chi connectivity index (χ0) is 11.5. The van der Waals surface area contributed by atoms with Gasteiger partial charge in [-0.15, -0.1) is 0 Å². The average Bonchev–Trinajstić information content (AvgIpc) is 2.29. The van der Waals surface area contributed by atoms with Crippen molar-refractivity contribution in [1.29, 1.82) is 0 Å². The van der Waals surface area contributed by atoms with Gasteiger partial charge < -0.3 is 0 Å². The Morgan fingerprint density at radius 3 is 2.81 bits per heavy atom. The number of hydrogen-bond donors (Lipinski definition) is 0. The lowest BCUT2D eigenvalue weighted by Gasteiger charge is -2.04. The topological polar surface area (TPSA) is 42.9 Å². The molecule has 0 aliphatic rings. The van der Waals surface area contributed by atoms with Gasteiger partial charge in [0.15, 0.2) is 12.1 Å². The summed E-state index contributed by atoms with van der Waals surface area (Å²) in [6, 6.07) is 6.12. The molecule has 0 unspecified atom stereocenters. The van der Waals surface area contributed by atoms with Crippen LogP contribution in [0, 0.1) is 12.7 Å². The molecule has 0 aliphatic carbocycles. The maximum absolute atomic E-state index is 12.9. The second-order valence-electron chi connectivity index (χ2n) is 3.38. The summed E-state index contributed by atoms with van der Waals surface area (Å²) in [7, 11) is 0. The van der Waals surface area contributed by atoms with Crippen LogP contribution in [0.15, 0.2) is 30.5 Å². The molecule has 0 radical (unpaired) electrons. The van der Waals surface area contributed by atoms with Gasteiger partial charge in [-0.05, 0) is 36.8 Å². The molecule has 0 atom stereocenters. The number of aldehydes is 1. The van der Waals surface area contributed by atoms with Gasteiger partial charge >= 0.3 is 0 Å². The van der Waals surface area contributed by atoms with Gasteiger partial charge in [0.05, 0.1) is 5.69 Å². The van der Waals surface area contributed by atoms with Gasteiger partial charge in [0, 0.05) is 11.8 Å². The van der Waals surface area contributed by atoms with Crippen LogP contribution < -0.4 is 0 Å². The molecule has 0 spiro atoms. The minimum Gasteiger partial charge on any atom is -0.294 e. The normalized spacial score (nSPS) is 10.1. The zero-order valence-electron chi connectivity index (χ0n) is 8.64. The van der Waals surface area contributed by atoms with E-state index in [1.54, 1.807) is 19.1 Å². The molecule has 1 heterocycles. The fraction of sp³-hybridized carbons (Fsp3) is 0.0833. The third kappa shape index (κ3) is 1.95. The van der Waals surface area contributed by atoms with E-state index in [-0.39, 0.29) is 11.6 Å². The first-order valence-electron chi connectivity index (χ1n) is 4.75. The Balaban J connectivity index is 2.53. The van der Waals surface area contributed by atoms with Crippen molar-refractivity contribution in [2.24, 2.45) is 0 Å². The van der Waals surface area contributed by atoms with E-state index in [1.165, 1.54) is 18.3 Å². The molecule has 2 rings (SSSR count). The Labute approximate surface area is 92.0 Å². The van der Waals surface area contributed by atoms with Crippen LogP contribution in [0.1, 0.15) is 16.2 Å². The highest BCUT2D eigenvalue weighted by atomic mass is 19.1. The molecule has 0 N–H and O–H groups in total. The molecule has 3 nitrogen and oxygen atoms in total. The molecule has 0 aliphatic heterocycles. The van der Waals surface area contributed by atoms with Crippen LogP contribution in [0.2, 0.25) is 0 Å². The highest BCUT2D eigenvalue weighted by Gasteiger charge is 2.05. The van der Waals surface area contributed by atoms with Crippen LogP contribution in [-0.4, -0.2) is 16.3 Å². The summed E-state index contributed by atoms with van der Waals surface area (Å²) in [6.07, 6.45) is 2.09. The average molecular weight is 216 g/mol. The lowest BCUT2D eigenvalue weighted by Crippen LogP contribution is -1.95. The molecule has 0 bridgehead atoms. The highest BCUT2D eigenvalue weighted by Crippen LogP contribution is 2.21. The largest absolute Gasteiger partial charge is 0.294 e. The van der Waals surface area contributed by atoms with Gasteiger partial charge in [0.1, 0.15) is 5.82 Å². The lowest BCUT2D eigenvalue weighted by molar-refractivity contribution is 0.111. The standard InChI is InChI=1S/C12H9FN2O/c1-8-6-9(13)2-3-10(8)11-4-5-14-12(7-16)15-11/h2-7H,1H3. The monoisotopic (exact) mass is 216 g/mol. The van der Waals surface area contributed by atoms with E-state index in [4.69, 9.17) is 0 Å². The molecule has 1 aromatic carbocycles. The maximum Gasteiger partial charge on any atom is 0.193 e. The molecule has 0 fully saturated rings. The van der Waals surface area contributed by atoms with Crippen molar-refractivity contribution in [3.8, 4) is 11.3 Å². The number of hydrogen-bond acceptors (Lipinski definition) is 3. The Bertz CT molecular complexity index is 540. The Hall–Kier alpha value is -2.10. The van der Waals surface area contributed by atoms with E-state index in [1.807, 2.05) is 0 Å². The van der Waals surface area contributed by atoms with Gasteiger partial charge in [-0.3, -0.25) is 4.79 Å². The van der Waals surface area contributed by atoms with Crippen molar-refractivity contribution >= 4 is 6.29 Å². The summed E-state index contributed by atoms with van der Waals surface area (Å²) in [4.78, 5) is 18.4. The van der Waals surface area contributed by atoms with Crippen LogP contribution in [0.25, 0.3) is 11.3 Å². The fourth-order valence-corrected chi connectivity index (χ4v) is 1.50. The fourth-order valence-electron chi connectivity index (χ4n) is 1.50. The van der Waals surface area contributed by atoms with Crippen LogP contribution in [0.4, 0.5) is 4.39 Å². The number of halogens is 1. The minimum absolute atomic E-state index is 0.126. The summed E-state index contributed by atoms with van der Waals surface area (Å²) >= 11 is 0. The first kappa shape index (κ1) is 10.4.